The minimum atomic E-state index is -1.24. The Morgan fingerprint density at radius 2 is 1.27 bits per heavy atom. The molecule has 0 aromatic carbocycles. The molecule has 0 aliphatic carbocycles. The number of hydrogen-bond acceptors (Lipinski definition) is 6. The molecule has 30 heavy (non-hydrogen) atoms. The van der Waals surface area contributed by atoms with Gasteiger partial charge in [0.05, 0.1) is 0 Å². The first kappa shape index (κ1) is 28.6. The zero-order valence-corrected chi connectivity index (χ0v) is 19.2. The average molecular weight is 429 g/mol. The van der Waals surface area contributed by atoms with E-state index in [2.05, 4.69) is 23.8 Å². The number of unbranched alkanes of at least 4 members (excludes halogenated alkanes) is 11. The maximum absolute atomic E-state index is 11.6. The molecule has 0 aromatic heterocycles. The Labute approximate surface area is 183 Å². The van der Waals surface area contributed by atoms with Gasteiger partial charge in [0.15, 0.2) is 0 Å². The first-order valence-electron chi connectivity index (χ1n) is 11.8. The first-order valence-corrected chi connectivity index (χ1v) is 11.8. The summed E-state index contributed by atoms with van der Waals surface area (Å²) >= 11 is 0. The second-order valence-corrected chi connectivity index (χ2v) is 7.98. The molecule has 0 saturated carbocycles. The van der Waals surface area contributed by atoms with E-state index in [9.17, 15) is 14.7 Å². The lowest BCUT2D eigenvalue weighted by Gasteiger charge is -2.12. The SMILES string of the molecule is CCCCCCCCC=CCCCCCCCC(=O)OCC(O)COC(=O)C(C)O. The second kappa shape index (κ2) is 20.9. The zero-order chi connectivity index (χ0) is 22.5. The maximum atomic E-state index is 11.6. The monoisotopic (exact) mass is 428 g/mol. The van der Waals surface area contributed by atoms with E-state index < -0.39 is 18.2 Å². The van der Waals surface area contributed by atoms with Crippen molar-refractivity contribution >= 4 is 11.9 Å². The van der Waals surface area contributed by atoms with Gasteiger partial charge in [-0.2, -0.15) is 0 Å². The van der Waals surface area contributed by atoms with Crippen LogP contribution in [-0.2, 0) is 19.1 Å². The van der Waals surface area contributed by atoms with Crippen molar-refractivity contribution in [3.8, 4) is 0 Å². The molecule has 0 aromatic rings. The van der Waals surface area contributed by atoms with Crippen LogP contribution in [0.1, 0.15) is 104 Å². The molecular formula is C24H44O6. The summed E-state index contributed by atoms with van der Waals surface area (Å²) in [5, 5.41) is 18.6. The molecule has 0 radical (unpaired) electrons. The fourth-order valence-electron chi connectivity index (χ4n) is 2.95. The molecule has 0 aliphatic heterocycles. The van der Waals surface area contributed by atoms with Gasteiger partial charge in [-0.15, -0.1) is 0 Å². The van der Waals surface area contributed by atoms with Gasteiger partial charge >= 0.3 is 11.9 Å². The van der Waals surface area contributed by atoms with Gasteiger partial charge in [0, 0.05) is 6.42 Å². The van der Waals surface area contributed by atoms with Crippen LogP contribution in [0.2, 0.25) is 0 Å². The van der Waals surface area contributed by atoms with E-state index in [1.165, 1.54) is 64.7 Å². The first-order chi connectivity index (χ1) is 14.5. The summed E-state index contributed by atoms with van der Waals surface area (Å²) in [6.45, 7) is 3.01. The third-order valence-electron chi connectivity index (χ3n) is 4.84. The van der Waals surface area contributed by atoms with Crippen molar-refractivity contribution in [3.05, 3.63) is 12.2 Å². The van der Waals surface area contributed by atoms with Gasteiger partial charge in [-0.3, -0.25) is 4.79 Å². The Kier molecular flexibility index (Phi) is 19.9. The van der Waals surface area contributed by atoms with Crippen LogP contribution < -0.4 is 0 Å². The van der Waals surface area contributed by atoms with E-state index in [1.54, 1.807) is 0 Å². The topological polar surface area (TPSA) is 93.1 Å². The van der Waals surface area contributed by atoms with Crippen LogP contribution in [0.15, 0.2) is 12.2 Å². The lowest BCUT2D eigenvalue weighted by Crippen LogP contribution is -2.28. The van der Waals surface area contributed by atoms with E-state index in [1.807, 2.05) is 0 Å². The van der Waals surface area contributed by atoms with Gasteiger partial charge in [0.2, 0.25) is 0 Å². The summed E-state index contributed by atoms with van der Waals surface area (Å²) < 4.78 is 9.62. The molecule has 0 aliphatic rings. The highest BCUT2D eigenvalue weighted by molar-refractivity contribution is 5.73. The van der Waals surface area contributed by atoms with Crippen LogP contribution >= 0.6 is 0 Å². The van der Waals surface area contributed by atoms with Gasteiger partial charge in [-0.05, 0) is 39.0 Å². The van der Waals surface area contributed by atoms with Gasteiger partial charge in [-0.1, -0.05) is 70.4 Å². The Morgan fingerprint density at radius 1 is 0.767 bits per heavy atom. The Hall–Kier alpha value is -1.40. The molecular weight excluding hydrogens is 384 g/mol. The van der Waals surface area contributed by atoms with Crippen LogP contribution in [0, 0.1) is 0 Å². The molecule has 2 N–H and O–H groups in total. The fraction of sp³-hybridized carbons (Fsp3) is 0.833. The number of rotatable bonds is 20. The maximum Gasteiger partial charge on any atom is 0.334 e. The number of carbonyl (C=O) groups excluding carboxylic acids is 2. The summed E-state index contributed by atoms with van der Waals surface area (Å²) in [5.74, 6) is -1.16. The molecule has 0 spiro atoms. The van der Waals surface area contributed by atoms with Gasteiger partial charge in [-0.25, -0.2) is 4.79 Å². The Balaban J connectivity index is 3.40. The highest BCUT2D eigenvalue weighted by Crippen LogP contribution is 2.10. The minimum Gasteiger partial charge on any atom is -0.463 e. The lowest BCUT2D eigenvalue weighted by molar-refractivity contribution is -0.158. The van der Waals surface area contributed by atoms with E-state index in [-0.39, 0.29) is 19.2 Å². The smallest absolute Gasteiger partial charge is 0.334 e. The van der Waals surface area contributed by atoms with Crippen molar-refractivity contribution in [1.82, 2.24) is 0 Å². The van der Waals surface area contributed by atoms with Crippen molar-refractivity contribution < 1.29 is 29.3 Å². The fourth-order valence-corrected chi connectivity index (χ4v) is 2.95. The number of esters is 2. The molecule has 0 bridgehead atoms. The van der Waals surface area contributed by atoms with E-state index in [4.69, 9.17) is 9.84 Å². The van der Waals surface area contributed by atoms with Crippen LogP contribution in [0.5, 0.6) is 0 Å². The van der Waals surface area contributed by atoms with E-state index in [0.29, 0.717) is 6.42 Å². The molecule has 0 saturated heterocycles. The van der Waals surface area contributed by atoms with Crippen molar-refractivity contribution in [3.63, 3.8) is 0 Å². The minimum absolute atomic E-state index is 0.211. The quantitative estimate of drug-likeness (QED) is 0.164. The Bertz CT molecular complexity index is 447. The third kappa shape index (κ3) is 19.9. The standard InChI is InChI=1S/C24H44O6/c1-3-4-5-6-7-8-9-10-11-12-13-14-15-16-17-18-23(27)29-19-22(26)20-30-24(28)21(2)25/h10-11,21-22,25-26H,3-9,12-20H2,1-2H3. The molecule has 0 amide bonds. The Morgan fingerprint density at radius 3 is 1.83 bits per heavy atom. The highest BCUT2D eigenvalue weighted by atomic mass is 16.6. The zero-order valence-electron chi connectivity index (χ0n) is 19.2. The summed E-state index contributed by atoms with van der Waals surface area (Å²) in [7, 11) is 0. The second-order valence-electron chi connectivity index (χ2n) is 7.98. The molecule has 2 atom stereocenters. The van der Waals surface area contributed by atoms with Gasteiger partial charge in [0.1, 0.15) is 25.4 Å². The largest absolute Gasteiger partial charge is 0.463 e. The molecule has 0 rings (SSSR count). The molecule has 6 heteroatoms. The van der Waals surface area contributed by atoms with Crippen molar-refractivity contribution in [1.29, 1.82) is 0 Å². The number of aliphatic hydroxyl groups excluding tert-OH is 2. The van der Waals surface area contributed by atoms with Gasteiger partial charge in [0.25, 0.3) is 0 Å². The van der Waals surface area contributed by atoms with E-state index in [0.717, 1.165) is 25.7 Å². The van der Waals surface area contributed by atoms with Crippen molar-refractivity contribution in [2.45, 2.75) is 116 Å². The van der Waals surface area contributed by atoms with Crippen molar-refractivity contribution in [2.24, 2.45) is 0 Å². The van der Waals surface area contributed by atoms with Crippen LogP contribution in [0.3, 0.4) is 0 Å². The predicted octanol–water partition coefficient (Wildman–Crippen LogP) is 4.85. The lowest BCUT2D eigenvalue weighted by atomic mass is 10.1. The third-order valence-corrected chi connectivity index (χ3v) is 4.84. The summed E-state index contributed by atoms with van der Waals surface area (Å²) in [6, 6.07) is 0. The normalized spacial score (nSPS) is 13.3. The number of allylic oxidation sites excluding steroid dienone is 2. The molecule has 0 heterocycles. The number of ether oxygens (including phenoxy) is 2. The predicted molar refractivity (Wildman–Crippen MR) is 119 cm³/mol. The molecule has 2 unspecified atom stereocenters. The van der Waals surface area contributed by atoms with Gasteiger partial charge < -0.3 is 19.7 Å². The molecule has 0 fully saturated rings. The highest BCUT2D eigenvalue weighted by Gasteiger charge is 2.14. The number of hydrogen-bond donors (Lipinski definition) is 2. The molecule has 6 nitrogen and oxygen atoms in total. The van der Waals surface area contributed by atoms with Crippen LogP contribution in [0.4, 0.5) is 0 Å². The molecule has 176 valence electrons. The summed E-state index contributed by atoms with van der Waals surface area (Å²) in [5.41, 5.74) is 0. The van der Waals surface area contributed by atoms with Crippen molar-refractivity contribution in [2.75, 3.05) is 13.2 Å². The number of carbonyl (C=O) groups is 2. The van der Waals surface area contributed by atoms with E-state index >= 15 is 0 Å². The average Bonchev–Trinajstić information content (AvgIpc) is 2.73. The summed E-state index contributed by atoms with van der Waals surface area (Å²) in [6.07, 6.45) is 18.3. The van der Waals surface area contributed by atoms with Crippen LogP contribution in [0.25, 0.3) is 0 Å². The number of aliphatic hydroxyl groups is 2. The summed E-state index contributed by atoms with van der Waals surface area (Å²) in [4.78, 5) is 22.7. The van der Waals surface area contributed by atoms with Crippen LogP contribution in [-0.4, -0.2) is 47.6 Å².